The third-order valence-corrected chi connectivity index (χ3v) is 5.09. The molecule has 1 fully saturated rings. The molecule has 0 bridgehead atoms. The molecule has 0 spiro atoms. The van der Waals surface area contributed by atoms with Crippen LogP contribution in [0.5, 0.6) is 5.88 Å². The summed E-state index contributed by atoms with van der Waals surface area (Å²) in [5.41, 5.74) is 2.22. The van der Waals surface area contributed by atoms with Crippen LogP contribution in [-0.4, -0.2) is 45.0 Å². The van der Waals surface area contributed by atoms with Crippen LogP contribution >= 0.6 is 0 Å². The van der Waals surface area contributed by atoms with Crippen LogP contribution in [0.3, 0.4) is 0 Å². The van der Waals surface area contributed by atoms with Crippen LogP contribution < -0.4 is 10.1 Å². The molecule has 2 heterocycles. The van der Waals surface area contributed by atoms with Gasteiger partial charge in [-0.05, 0) is 24.5 Å². The van der Waals surface area contributed by atoms with Crippen LogP contribution in [0.15, 0.2) is 47.1 Å². The van der Waals surface area contributed by atoms with E-state index < -0.39 is 18.8 Å². The van der Waals surface area contributed by atoms with Gasteiger partial charge in [0.15, 0.2) is 6.61 Å². The van der Waals surface area contributed by atoms with E-state index in [-0.39, 0.29) is 23.7 Å². The van der Waals surface area contributed by atoms with Crippen LogP contribution in [0.25, 0.3) is 22.8 Å². The van der Waals surface area contributed by atoms with Gasteiger partial charge in [-0.15, -0.1) is 0 Å². The molecule has 0 radical (unpaired) electrons. The first-order chi connectivity index (χ1) is 15.3. The van der Waals surface area contributed by atoms with Crippen molar-refractivity contribution in [1.82, 2.24) is 20.4 Å². The number of hydrogen-bond acceptors (Lipinski definition) is 7. The summed E-state index contributed by atoms with van der Waals surface area (Å²) in [6.45, 7) is -0.789. The van der Waals surface area contributed by atoms with Crippen LogP contribution in [0, 0.1) is 5.92 Å². The zero-order valence-corrected chi connectivity index (χ0v) is 16.7. The fourth-order valence-electron chi connectivity index (χ4n) is 3.23. The number of halogens is 3. The molecule has 1 aliphatic carbocycles. The molecule has 168 valence electrons. The molecule has 1 aromatic carbocycles. The van der Waals surface area contributed by atoms with E-state index in [1.807, 2.05) is 24.3 Å². The maximum absolute atomic E-state index is 12.2. The van der Waals surface area contributed by atoms with E-state index in [0.29, 0.717) is 30.8 Å². The zero-order chi connectivity index (χ0) is 22.7. The lowest BCUT2D eigenvalue weighted by Gasteiger charge is -2.33. The van der Waals surface area contributed by atoms with Gasteiger partial charge in [-0.25, -0.2) is 4.98 Å². The lowest BCUT2D eigenvalue weighted by Crippen LogP contribution is -2.43. The molecule has 4 rings (SSSR count). The largest absolute Gasteiger partial charge is 0.481 e. The standard InChI is InChI=1S/C21H19F3N4O4/c22-21(23,24)11-31-17-6-5-14(10-26-17)19-27-18(28-32-19)13-3-1-12(2-4-13)9-25-16-7-15(8-16)20(29)30/h1-6,10,15-16,25H,7-9,11H2,(H,29,30)/t15-,16+. The Hall–Kier alpha value is -3.47. The topological polar surface area (TPSA) is 110 Å². The Labute approximate surface area is 180 Å². The van der Waals surface area contributed by atoms with Crippen LogP contribution in [0.4, 0.5) is 13.2 Å². The van der Waals surface area contributed by atoms with E-state index >= 15 is 0 Å². The van der Waals surface area contributed by atoms with E-state index in [2.05, 4.69) is 25.2 Å². The maximum Gasteiger partial charge on any atom is 0.422 e. The number of aliphatic carboxylic acids is 1. The Balaban J connectivity index is 1.33. The molecular formula is C21H19F3N4O4. The molecule has 1 aliphatic rings. The summed E-state index contributed by atoms with van der Waals surface area (Å²) in [7, 11) is 0. The number of pyridine rings is 1. The summed E-state index contributed by atoms with van der Waals surface area (Å²) < 4.78 is 46.4. The number of nitrogens with one attached hydrogen (secondary N) is 1. The summed E-state index contributed by atoms with van der Waals surface area (Å²) in [4.78, 5) is 19.0. The van der Waals surface area contributed by atoms with Gasteiger partial charge in [-0.2, -0.15) is 18.2 Å². The average molecular weight is 448 g/mol. The lowest BCUT2D eigenvalue weighted by atomic mass is 9.80. The van der Waals surface area contributed by atoms with Crippen molar-refractivity contribution in [1.29, 1.82) is 0 Å². The number of ether oxygens (including phenoxy) is 1. The van der Waals surface area contributed by atoms with Crippen molar-refractivity contribution in [3.8, 4) is 28.7 Å². The van der Waals surface area contributed by atoms with Crippen LogP contribution in [-0.2, 0) is 11.3 Å². The fraction of sp³-hybridized carbons (Fsp3) is 0.333. The van der Waals surface area contributed by atoms with E-state index in [9.17, 15) is 18.0 Å². The van der Waals surface area contributed by atoms with Crippen molar-refractivity contribution in [2.45, 2.75) is 31.6 Å². The molecule has 2 aromatic heterocycles. The number of rotatable bonds is 8. The van der Waals surface area contributed by atoms with E-state index in [4.69, 9.17) is 9.63 Å². The summed E-state index contributed by atoms with van der Waals surface area (Å²) in [5.74, 6) is -0.608. The molecule has 0 unspecified atom stereocenters. The predicted molar refractivity (Wildman–Crippen MR) is 106 cm³/mol. The Morgan fingerprint density at radius 2 is 1.88 bits per heavy atom. The van der Waals surface area contributed by atoms with Crippen molar-refractivity contribution in [3.05, 3.63) is 48.2 Å². The predicted octanol–water partition coefficient (Wildman–Crippen LogP) is 3.69. The van der Waals surface area contributed by atoms with Gasteiger partial charge in [0.05, 0.1) is 11.5 Å². The molecule has 0 atom stereocenters. The molecule has 0 amide bonds. The second-order valence-corrected chi connectivity index (χ2v) is 7.49. The zero-order valence-electron chi connectivity index (χ0n) is 16.7. The van der Waals surface area contributed by atoms with Crippen LogP contribution in [0.1, 0.15) is 18.4 Å². The Kier molecular flexibility index (Phi) is 6.08. The first-order valence-electron chi connectivity index (χ1n) is 9.82. The molecule has 0 saturated heterocycles. The van der Waals surface area contributed by atoms with Gasteiger partial charge in [-0.1, -0.05) is 29.4 Å². The number of carbonyl (C=O) groups is 1. The SMILES string of the molecule is O=C(O)[C@H]1C[C@@H](NCc2ccc(-c3noc(-c4ccc(OCC(F)(F)F)nc4)n3)cc2)C1. The quantitative estimate of drug-likeness (QED) is 0.537. The van der Waals surface area contributed by atoms with Crippen molar-refractivity contribution in [3.63, 3.8) is 0 Å². The number of hydrogen-bond donors (Lipinski definition) is 2. The second-order valence-electron chi connectivity index (χ2n) is 7.49. The molecule has 3 aromatic rings. The van der Waals surface area contributed by atoms with Gasteiger partial charge in [0.1, 0.15) is 0 Å². The van der Waals surface area contributed by atoms with E-state index in [1.54, 1.807) is 0 Å². The Bertz CT molecular complexity index is 1060. The van der Waals surface area contributed by atoms with Crippen LogP contribution in [0.2, 0.25) is 0 Å². The Morgan fingerprint density at radius 1 is 1.16 bits per heavy atom. The molecule has 0 aliphatic heterocycles. The third-order valence-electron chi connectivity index (χ3n) is 5.09. The van der Waals surface area contributed by atoms with E-state index in [1.165, 1.54) is 18.3 Å². The highest BCUT2D eigenvalue weighted by Gasteiger charge is 2.33. The van der Waals surface area contributed by atoms with E-state index in [0.717, 1.165) is 11.1 Å². The van der Waals surface area contributed by atoms with Gasteiger partial charge >= 0.3 is 12.1 Å². The summed E-state index contributed by atoms with van der Waals surface area (Å²) in [6, 6.07) is 10.5. The number of nitrogens with zero attached hydrogens (tertiary/aromatic N) is 3. The minimum absolute atomic E-state index is 0.157. The molecule has 8 nitrogen and oxygen atoms in total. The highest BCUT2D eigenvalue weighted by molar-refractivity contribution is 5.71. The highest BCUT2D eigenvalue weighted by atomic mass is 19.4. The summed E-state index contributed by atoms with van der Waals surface area (Å²) in [6.07, 6.45) is -1.85. The normalized spacial score (nSPS) is 18.2. The van der Waals surface area contributed by atoms with Crippen molar-refractivity contribution in [2.75, 3.05) is 6.61 Å². The number of carboxylic acid groups (broad SMARTS) is 1. The minimum Gasteiger partial charge on any atom is -0.481 e. The highest BCUT2D eigenvalue weighted by Crippen LogP contribution is 2.28. The molecule has 11 heteroatoms. The third kappa shape index (κ3) is 5.41. The summed E-state index contributed by atoms with van der Waals surface area (Å²) in [5, 5.41) is 16.2. The first kappa shape index (κ1) is 21.8. The maximum atomic E-state index is 12.2. The number of aromatic nitrogens is 3. The number of alkyl halides is 3. The molecule has 2 N–H and O–H groups in total. The summed E-state index contributed by atoms with van der Waals surface area (Å²) >= 11 is 0. The molecule has 1 saturated carbocycles. The molecular weight excluding hydrogens is 429 g/mol. The number of carboxylic acids is 1. The average Bonchev–Trinajstić information content (AvgIpc) is 3.21. The second kappa shape index (κ2) is 8.95. The van der Waals surface area contributed by atoms with Crippen molar-refractivity contribution < 1.29 is 32.3 Å². The molecule has 32 heavy (non-hydrogen) atoms. The Morgan fingerprint density at radius 3 is 2.50 bits per heavy atom. The van der Waals surface area contributed by atoms with Gasteiger partial charge in [0, 0.05) is 30.4 Å². The fourth-order valence-corrected chi connectivity index (χ4v) is 3.23. The van der Waals surface area contributed by atoms with Gasteiger partial charge < -0.3 is 19.7 Å². The van der Waals surface area contributed by atoms with Crippen molar-refractivity contribution in [2.24, 2.45) is 5.92 Å². The minimum atomic E-state index is -4.44. The monoisotopic (exact) mass is 448 g/mol. The van der Waals surface area contributed by atoms with Gasteiger partial charge in [0.2, 0.25) is 11.7 Å². The van der Waals surface area contributed by atoms with Gasteiger partial charge in [-0.3, -0.25) is 4.79 Å². The lowest BCUT2D eigenvalue weighted by molar-refractivity contribution is -0.154. The van der Waals surface area contributed by atoms with Gasteiger partial charge in [0.25, 0.3) is 5.89 Å². The van der Waals surface area contributed by atoms with Crippen molar-refractivity contribution >= 4 is 5.97 Å². The first-order valence-corrected chi connectivity index (χ1v) is 9.82. The smallest absolute Gasteiger partial charge is 0.422 e. The number of benzene rings is 1.